The van der Waals surface area contributed by atoms with Crippen LogP contribution in [0.1, 0.15) is 19.8 Å². The summed E-state index contributed by atoms with van der Waals surface area (Å²) in [5.41, 5.74) is 0. The molecule has 1 heterocycles. The monoisotopic (exact) mass is 326 g/mol. The number of amides is 1. The Morgan fingerprint density at radius 1 is 1.53 bits per heavy atom. The van der Waals surface area contributed by atoms with Crippen LogP contribution in [0.2, 0.25) is 0 Å². The van der Waals surface area contributed by atoms with E-state index in [1.165, 1.54) is 6.42 Å². The first kappa shape index (κ1) is 14.3. The minimum absolute atomic E-state index is 0.0726. The molecule has 2 atom stereocenters. The molecule has 2 rings (SSSR count). The Bertz CT molecular complexity index is 416. The van der Waals surface area contributed by atoms with Crippen molar-refractivity contribution in [1.29, 1.82) is 0 Å². The van der Waals surface area contributed by atoms with Crippen LogP contribution < -0.4 is 15.4 Å². The van der Waals surface area contributed by atoms with E-state index in [1.54, 1.807) is 6.92 Å². The van der Waals surface area contributed by atoms with Gasteiger partial charge >= 0.3 is 0 Å². The highest BCUT2D eigenvalue weighted by Gasteiger charge is 2.18. The number of rotatable bonds is 5. The van der Waals surface area contributed by atoms with Crippen molar-refractivity contribution < 1.29 is 9.53 Å². The Kier molecular flexibility index (Phi) is 5.22. The first-order valence-corrected chi connectivity index (χ1v) is 7.38. The zero-order valence-electron chi connectivity index (χ0n) is 11.0. The maximum atomic E-state index is 11.9. The minimum Gasteiger partial charge on any atom is -0.481 e. The van der Waals surface area contributed by atoms with Crippen molar-refractivity contribution in [3.05, 3.63) is 28.7 Å². The van der Waals surface area contributed by atoms with Crippen molar-refractivity contribution in [3.63, 3.8) is 0 Å². The standard InChI is InChI=1S/C14H19BrN2O2/c1-10(19-13-6-4-11(15)5-7-13)14(18)17-9-12-3-2-8-16-12/h4-7,10,12,16H,2-3,8-9H2,1H3,(H,17,18). The first-order valence-electron chi connectivity index (χ1n) is 6.58. The molecule has 2 N–H and O–H groups in total. The Balaban J connectivity index is 1.76. The number of halogens is 1. The average molecular weight is 327 g/mol. The lowest BCUT2D eigenvalue weighted by molar-refractivity contribution is -0.127. The summed E-state index contributed by atoms with van der Waals surface area (Å²) >= 11 is 3.36. The van der Waals surface area contributed by atoms with Crippen LogP contribution in [-0.4, -0.2) is 31.1 Å². The summed E-state index contributed by atoms with van der Waals surface area (Å²) in [4.78, 5) is 11.9. The quantitative estimate of drug-likeness (QED) is 0.871. The molecule has 1 saturated heterocycles. The summed E-state index contributed by atoms with van der Waals surface area (Å²) in [6.07, 6.45) is 1.83. The minimum atomic E-state index is -0.484. The first-order chi connectivity index (χ1) is 9.15. The molecule has 19 heavy (non-hydrogen) atoms. The highest BCUT2D eigenvalue weighted by Crippen LogP contribution is 2.17. The summed E-state index contributed by atoms with van der Waals surface area (Å²) in [6.45, 7) is 3.48. The molecule has 0 saturated carbocycles. The Morgan fingerprint density at radius 3 is 2.89 bits per heavy atom. The van der Waals surface area contributed by atoms with Crippen molar-refractivity contribution in [3.8, 4) is 5.75 Å². The molecule has 104 valence electrons. The van der Waals surface area contributed by atoms with E-state index in [9.17, 15) is 4.79 Å². The van der Waals surface area contributed by atoms with E-state index in [2.05, 4.69) is 26.6 Å². The van der Waals surface area contributed by atoms with Gasteiger partial charge in [0.05, 0.1) is 0 Å². The summed E-state index contributed by atoms with van der Waals surface area (Å²) in [6, 6.07) is 7.87. The van der Waals surface area contributed by atoms with Crippen LogP contribution in [0.15, 0.2) is 28.7 Å². The number of nitrogens with one attached hydrogen (secondary N) is 2. The van der Waals surface area contributed by atoms with E-state index < -0.39 is 6.10 Å². The lowest BCUT2D eigenvalue weighted by Gasteiger charge is -2.17. The van der Waals surface area contributed by atoms with E-state index in [0.717, 1.165) is 17.4 Å². The van der Waals surface area contributed by atoms with Crippen LogP contribution >= 0.6 is 15.9 Å². The zero-order valence-corrected chi connectivity index (χ0v) is 12.6. The second kappa shape index (κ2) is 6.91. The molecule has 5 heteroatoms. The second-order valence-corrected chi connectivity index (χ2v) is 5.67. The van der Waals surface area contributed by atoms with Crippen molar-refractivity contribution >= 4 is 21.8 Å². The van der Waals surface area contributed by atoms with Gasteiger partial charge in [0.2, 0.25) is 0 Å². The van der Waals surface area contributed by atoms with Gasteiger partial charge in [0.15, 0.2) is 6.10 Å². The van der Waals surface area contributed by atoms with Gasteiger partial charge in [-0.05, 0) is 50.6 Å². The molecule has 1 amide bonds. The molecule has 0 aliphatic carbocycles. The Morgan fingerprint density at radius 2 is 2.26 bits per heavy atom. The summed E-state index contributed by atoms with van der Waals surface area (Å²) < 4.78 is 6.58. The van der Waals surface area contributed by atoms with Gasteiger partial charge in [0.1, 0.15) is 5.75 Å². The largest absolute Gasteiger partial charge is 0.481 e. The molecule has 1 aromatic rings. The number of hydrogen-bond donors (Lipinski definition) is 2. The van der Waals surface area contributed by atoms with Crippen LogP contribution in [0.5, 0.6) is 5.75 Å². The zero-order chi connectivity index (χ0) is 13.7. The highest BCUT2D eigenvalue weighted by atomic mass is 79.9. The molecule has 0 bridgehead atoms. The molecule has 0 radical (unpaired) electrons. The van der Waals surface area contributed by atoms with Crippen molar-refractivity contribution in [2.45, 2.75) is 31.9 Å². The third-order valence-corrected chi connectivity index (χ3v) is 3.71. The number of carbonyl (C=O) groups excluding carboxylic acids is 1. The van der Waals surface area contributed by atoms with Gasteiger partial charge in [-0.1, -0.05) is 15.9 Å². The van der Waals surface area contributed by atoms with Crippen LogP contribution in [0.3, 0.4) is 0 Å². The predicted octanol–water partition coefficient (Wildman–Crippen LogP) is 2.08. The van der Waals surface area contributed by atoms with E-state index in [4.69, 9.17) is 4.74 Å². The maximum absolute atomic E-state index is 11.9. The molecule has 0 aromatic heterocycles. The fourth-order valence-electron chi connectivity index (χ4n) is 2.07. The van der Waals surface area contributed by atoms with Crippen LogP contribution in [0, 0.1) is 0 Å². The fraction of sp³-hybridized carbons (Fsp3) is 0.500. The fourth-order valence-corrected chi connectivity index (χ4v) is 2.33. The van der Waals surface area contributed by atoms with Gasteiger partial charge in [0, 0.05) is 17.1 Å². The molecule has 2 unspecified atom stereocenters. The molecular weight excluding hydrogens is 308 g/mol. The van der Waals surface area contributed by atoms with Gasteiger partial charge < -0.3 is 15.4 Å². The van der Waals surface area contributed by atoms with Crippen molar-refractivity contribution in [2.75, 3.05) is 13.1 Å². The van der Waals surface area contributed by atoms with Gasteiger partial charge in [-0.2, -0.15) is 0 Å². The molecular formula is C14H19BrN2O2. The maximum Gasteiger partial charge on any atom is 0.260 e. The van der Waals surface area contributed by atoms with Gasteiger partial charge in [-0.15, -0.1) is 0 Å². The molecule has 1 aliphatic rings. The van der Waals surface area contributed by atoms with E-state index in [1.807, 2.05) is 24.3 Å². The Hall–Kier alpha value is -1.07. The summed E-state index contributed by atoms with van der Waals surface area (Å²) in [5, 5.41) is 6.27. The van der Waals surface area contributed by atoms with Gasteiger partial charge in [-0.25, -0.2) is 0 Å². The third kappa shape index (κ3) is 4.51. The number of ether oxygens (including phenoxy) is 1. The summed E-state index contributed by atoms with van der Waals surface area (Å²) in [5.74, 6) is 0.626. The number of carbonyl (C=O) groups is 1. The normalized spacial score (nSPS) is 20.0. The second-order valence-electron chi connectivity index (χ2n) is 4.75. The van der Waals surface area contributed by atoms with Crippen molar-refractivity contribution in [2.24, 2.45) is 0 Å². The van der Waals surface area contributed by atoms with E-state index in [0.29, 0.717) is 18.3 Å². The molecule has 1 fully saturated rings. The lowest BCUT2D eigenvalue weighted by Crippen LogP contribution is -2.42. The van der Waals surface area contributed by atoms with Gasteiger partial charge in [-0.3, -0.25) is 4.79 Å². The SMILES string of the molecule is CC(Oc1ccc(Br)cc1)C(=O)NCC1CCCN1. The topological polar surface area (TPSA) is 50.4 Å². The summed E-state index contributed by atoms with van der Waals surface area (Å²) in [7, 11) is 0. The van der Waals surface area contributed by atoms with Crippen molar-refractivity contribution in [1.82, 2.24) is 10.6 Å². The van der Waals surface area contributed by atoms with E-state index in [-0.39, 0.29) is 5.91 Å². The van der Waals surface area contributed by atoms with Crippen LogP contribution in [0.4, 0.5) is 0 Å². The smallest absolute Gasteiger partial charge is 0.260 e. The number of benzene rings is 1. The van der Waals surface area contributed by atoms with Crippen LogP contribution in [0.25, 0.3) is 0 Å². The molecule has 4 nitrogen and oxygen atoms in total. The Labute approximate surface area is 122 Å². The lowest BCUT2D eigenvalue weighted by atomic mass is 10.2. The van der Waals surface area contributed by atoms with E-state index >= 15 is 0 Å². The highest BCUT2D eigenvalue weighted by molar-refractivity contribution is 9.10. The third-order valence-electron chi connectivity index (χ3n) is 3.18. The molecule has 1 aliphatic heterocycles. The predicted molar refractivity (Wildman–Crippen MR) is 78.3 cm³/mol. The molecule has 0 spiro atoms. The van der Waals surface area contributed by atoms with Crippen LogP contribution in [-0.2, 0) is 4.79 Å². The molecule has 1 aromatic carbocycles. The average Bonchev–Trinajstić information content (AvgIpc) is 2.91. The van der Waals surface area contributed by atoms with Gasteiger partial charge in [0.25, 0.3) is 5.91 Å². The number of hydrogen-bond acceptors (Lipinski definition) is 3.